The molecule has 1 atom stereocenters. The average molecular weight is 673 g/mol. The number of aromatic nitrogens is 2. The molecule has 0 aliphatic heterocycles. The molecule has 0 spiro atoms. The first-order valence-electron chi connectivity index (χ1n) is 18.2. The van der Waals surface area contributed by atoms with Crippen molar-refractivity contribution < 1.29 is 0 Å². The number of rotatable bonds is 5. The maximum atomic E-state index is 5.25. The summed E-state index contributed by atoms with van der Waals surface area (Å²) >= 11 is 0. The lowest BCUT2D eigenvalue weighted by Gasteiger charge is -2.34. The zero-order valence-corrected chi connectivity index (χ0v) is 28.9. The highest BCUT2D eigenvalue weighted by molar-refractivity contribution is 6.23. The number of nitrogens with zero attached hydrogens (tertiary/aromatic N) is 2. The standard InChI is InChI=1S/C51H32N2/c1-4-13-33(14-5-1)46-32-47(53-50(52-46)36-15-6-2-7-16-36)37-27-28-43-42-21-10-11-22-44(42)51(45(43)31-37,40-19-8-3-9-20-40)41-29-38-25-23-34-17-12-18-35-24-26-39(30-41)49(38)48(34)35/h1-32H. The summed E-state index contributed by atoms with van der Waals surface area (Å²) in [6.07, 6.45) is 0. The van der Waals surface area contributed by atoms with E-state index in [0.717, 1.165) is 28.1 Å². The summed E-state index contributed by atoms with van der Waals surface area (Å²) in [7, 11) is 0. The smallest absolute Gasteiger partial charge is 0.160 e. The fourth-order valence-electron chi connectivity index (χ4n) is 8.95. The van der Waals surface area contributed by atoms with E-state index >= 15 is 0 Å². The van der Waals surface area contributed by atoms with Crippen LogP contribution < -0.4 is 0 Å². The maximum absolute atomic E-state index is 5.25. The van der Waals surface area contributed by atoms with Crippen molar-refractivity contribution in [1.29, 1.82) is 0 Å². The van der Waals surface area contributed by atoms with Crippen LogP contribution in [-0.2, 0) is 5.41 Å². The van der Waals surface area contributed by atoms with Gasteiger partial charge in [0.05, 0.1) is 16.8 Å². The van der Waals surface area contributed by atoms with E-state index in [-0.39, 0.29) is 0 Å². The second kappa shape index (κ2) is 11.6. The largest absolute Gasteiger partial charge is 0.228 e. The van der Waals surface area contributed by atoms with Gasteiger partial charge in [-0.15, -0.1) is 0 Å². The maximum Gasteiger partial charge on any atom is 0.160 e. The molecule has 53 heavy (non-hydrogen) atoms. The Labute approximate surface area is 308 Å². The average Bonchev–Trinajstić information content (AvgIpc) is 3.54. The van der Waals surface area contributed by atoms with Gasteiger partial charge in [-0.3, -0.25) is 0 Å². The normalized spacial score (nSPS) is 14.9. The fraction of sp³-hybridized carbons (Fsp3) is 0.0196. The Morgan fingerprint density at radius 1 is 0.321 bits per heavy atom. The van der Waals surface area contributed by atoms with E-state index in [2.05, 4.69) is 170 Å². The van der Waals surface area contributed by atoms with Gasteiger partial charge >= 0.3 is 0 Å². The second-order valence-electron chi connectivity index (χ2n) is 14.1. The zero-order chi connectivity index (χ0) is 34.9. The van der Waals surface area contributed by atoms with Gasteiger partial charge in [-0.1, -0.05) is 170 Å². The van der Waals surface area contributed by atoms with Crippen LogP contribution in [0.25, 0.3) is 77.3 Å². The highest BCUT2D eigenvalue weighted by Crippen LogP contribution is 2.57. The first-order valence-corrected chi connectivity index (χ1v) is 18.2. The lowest BCUT2D eigenvalue weighted by Crippen LogP contribution is -2.28. The molecule has 1 aromatic heterocycles. The minimum Gasteiger partial charge on any atom is -0.228 e. The lowest BCUT2D eigenvalue weighted by atomic mass is 9.67. The fourth-order valence-corrected chi connectivity index (χ4v) is 8.95. The molecule has 1 unspecified atom stereocenters. The molecule has 1 aliphatic carbocycles. The summed E-state index contributed by atoms with van der Waals surface area (Å²) in [6.45, 7) is 0. The van der Waals surface area contributed by atoms with E-state index in [9.17, 15) is 0 Å². The molecule has 1 aliphatic rings. The van der Waals surface area contributed by atoms with Crippen LogP contribution in [-0.4, -0.2) is 9.97 Å². The van der Waals surface area contributed by atoms with Crippen molar-refractivity contribution in [3.05, 3.63) is 216 Å². The molecule has 9 aromatic carbocycles. The Bertz CT molecular complexity index is 2870. The lowest BCUT2D eigenvalue weighted by molar-refractivity contribution is 0.771. The highest BCUT2D eigenvalue weighted by atomic mass is 14.9. The number of hydrogen-bond acceptors (Lipinski definition) is 2. The molecule has 0 amide bonds. The molecule has 0 bridgehead atoms. The first-order chi connectivity index (χ1) is 26.3. The van der Waals surface area contributed by atoms with Crippen LogP contribution in [0.3, 0.4) is 0 Å². The molecule has 2 heteroatoms. The molecule has 0 fully saturated rings. The molecular weight excluding hydrogens is 641 g/mol. The summed E-state index contributed by atoms with van der Waals surface area (Å²) in [4.78, 5) is 10.3. The van der Waals surface area contributed by atoms with Crippen LogP contribution >= 0.6 is 0 Å². The number of benzene rings is 9. The van der Waals surface area contributed by atoms with E-state index in [0.29, 0.717) is 5.82 Å². The van der Waals surface area contributed by atoms with Crippen molar-refractivity contribution in [2.45, 2.75) is 5.41 Å². The Morgan fingerprint density at radius 2 is 0.868 bits per heavy atom. The molecule has 0 N–H and O–H groups in total. The Kier molecular flexibility index (Phi) is 6.50. The highest BCUT2D eigenvalue weighted by Gasteiger charge is 2.46. The van der Waals surface area contributed by atoms with Gasteiger partial charge in [0.15, 0.2) is 5.82 Å². The molecule has 0 radical (unpaired) electrons. The summed E-state index contributed by atoms with van der Waals surface area (Å²) in [6, 6.07) is 70.5. The van der Waals surface area contributed by atoms with Crippen LogP contribution in [0.5, 0.6) is 0 Å². The van der Waals surface area contributed by atoms with Crippen LogP contribution in [0, 0.1) is 0 Å². The predicted octanol–water partition coefficient (Wildman–Crippen LogP) is 12.7. The Morgan fingerprint density at radius 3 is 1.57 bits per heavy atom. The molecular formula is C51H32N2. The third kappa shape index (κ3) is 4.46. The van der Waals surface area contributed by atoms with E-state index in [1.165, 1.54) is 65.7 Å². The van der Waals surface area contributed by atoms with E-state index in [4.69, 9.17) is 9.97 Å². The van der Waals surface area contributed by atoms with Gasteiger partial charge in [0.2, 0.25) is 0 Å². The Hall–Kier alpha value is -6.90. The van der Waals surface area contributed by atoms with Gasteiger partial charge in [0, 0.05) is 16.7 Å². The zero-order valence-electron chi connectivity index (χ0n) is 28.9. The molecule has 2 nitrogen and oxygen atoms in total. The molecule has 246 valence electrons. The summed E-state index contributed by atoms with van der Waals surface area (Å²) < 4.78 is 0. The SMILES string of the molecule is c1ccc(-c2cc(-c3ccc4c(c3)C(c3ccccc3)(c3cc5ccc6cccc7ccc(c3)c5c67)c3ccccc3-4)nc(-c3ccccc3)n2)cc1. The molecule has 1 heterocycles. The third-order valence-electron chi connectivity index (χ3n) is 11.3. The van der Waals surface area contributed by atoms with Crippen LogP contribution in [0.15, 0.2) is 194 Å². The van der Waals surface area contributed by atoms with Crippen LogP contribution in [0.2, 0.25) is 0 Å². The predicted molar refractivity (Wildman–Crippen MR) is 219 cm³/mol. The number of hydrogen-bond donors (Lipinski definition) is 0. The molecule has 0 saturated carbocycles. The van der Waals surface area contributed by atoms with Crippen molar-refractivity contribution in [3.8, 4) is 45.0 Å². The van der Waals surface area contributed by atoms with E-state index < -0.39 is 5.41 Å². The number of fused-ring (bicyclic) bond motifs is 3. The van der Waals surface area contributed by atoms with E-state index in [1.54, 1.807) is 0 Å². The minimum atomic E-state index is -0.564. The third-order valence-corrected chi connectivity index (χ3v) is 11.3. The monoisotopic (exact) mass is 672 g/mol. The van der Waals surface area contributed by atoms with Gasteiger partial charge < -0.3 is 0 Å². The van der Waals surface area contributed by atoms with Crippen molar-refractivity contribution in [2.75, 3.05) is 0 Å². The topological polar surface area (TPSA) is 25.8 Å². The van der Waals surface area contributed by atoms with Crippen molar-refractivity contribution in [2.24, 2.45) is 0 Å². The molecule has 0 saturated heterocycles. The summed E-state index contributed by atoms with van der Waals surface area (Å²) in [5.74, 6) is 0.715. The van der Waals surface area contributed by atoms with Crippen LogP contribution in [0.1, 0.15) is 22.3 Å². The van der Waals surface area contributed by atoms with Crippen molar-refractivity contribution in [1.82, 2.24) is 9.97 Å². The first kappa shape index (κ1) is 29.8. The Balaban J connectivity index is 1.21. The van der Waals surface area contributed by atoms with Gasteiger partial charge in [0.1, 0.15) is 0 Å². The van der Waals surface area contributed by atoms with Gasteiger partial charge in [0.25, 0.3) is 0 Å². The van der Waals surface area contributed by atoms with Crippen LogP contribution in [0.4, 0.5) is 0 Å². The van der Waals surface area contributed by atoms with Gasteiger partial charge in [-0.2, -0.15) is 0 Å². The minimum absolute atomic E-state index is 0.564. The molecule has 10 aromatic rings. The van der Waals surface area contributed by atoms with Gasteiger partial charge in [-0.25, -0.2) is 9.97 Å². The van der Waals surface area contributed by atoms with Gasteiger partial charge in [-0.05, 0) is 90.0 Å². The second-order valence-corrected chi connectivity index (χ2v) is 14.1. The summed E-state index contributed by atoms with van der Waals surface area (Å²) in [5.41, 5.74) is 11.9. The molecule has 11 rings (SSSR count). The van der Waals surface area contributed by atoms with Crippen molar-refractivity contribution >= 4 is 32.3 Å². The van der Waals surface area contributed by atoms with E-state index in [1.807, 2.05) is 24.3 Å². The van der Waals surface area contributed by atoms with Crippen molar-refractivity contribution in [3.63, 3.8) is 0 Å². The quantitative estimate of drug-likeness (QED) is 0.170. The summed E-state index contributed by atoms with van der Waals surface area (Å²) in [5, 5.41) is 7.74.